The molecular formula is C31H30ClN3O4. The van der Waals surface area contributed by atoms with Crippen molar-refractivity contribution in [2.75, 3.05) is 6.61 Å². The summed E-state index contributed by atoms with van der Waals surface area (Å²) in [5, 5.41) is 29.2. The van der Waals surface area contributed by atoms with Crippen molar-refractivity contribution < 1.29 is 19.7 Å². The minimum Gasteiger partial charge on any atom is -0.493 e. The summed E-state index contributed by atoms with van der Waals surface area (Å²) in [7, 11) is 1.84. The van der Waals surface area contributed by atoms with Gasteiger partial charge in [0, 0.05) is 34.6 Å². The fourth-order valence-corrected chi connectivity index (χ4v) is 5.77. The van der Waals surface area contributed by atoms with E-state index in [1.54, 1.807) is 10.7 Å². The average molecular weight is 544 g/mol. The molecule has 39 heavy (non-hydrogen) atoms. The molecule has 0 aliphatic heterocycles. The zero-order valence-corrected chi connectivity index (χ0v) is 22.6. The molecule has 0 saturated heterocycles. The molecule has 1 saturated carbocycles. The molecular weight excluding hydrogens is 514 g/mol. The minimum absolute atomic E-state index is 0.143. The van der Waals surface area contributed by atoms with Gasteiger partial charge >= 0.3 is 5.97 Å². The number of carboxylic acids is 1. The zero-order valence-electron chi connectivity index (χ0n) is 21.9. The summed E-state index contributed by atoms with van der Waals surface area (Å²) in [5.74, 6) is -0.0284. The number of fused-ring (bicyclic) bond motifs is 2. The Hall–Kier alpha value is -3.81. The molecule has 2 aromatic heterocycles. The Bertz CT molecular complexity index is 1710. The number of aromatic carboxylic acids is 1. The number of hydrogen-bond donors (Lipinski definition) is 3. The van der Waals surface area contributed by atoms with Crippen LogP contribution in [0.4, 0.5) is 0 Å². The summed E-state index contributed by atoms with van der Waals surface area (Å²) in [4.78, 5) is 15.5. The predicted octanol–water partition coefficient (Wildman–Crippen LogP) is 6.84. The van der Waals surface area contributed by atoms with Crippen molar-refractivity contribution in [1.29, 1.82) is 0 Å². The molecule has 3 N–H and O–H groups in total. The van der Waals surface area contributed by atoms with Crippen LogP contribution in [0.2, 0.25) is 5.02 Å². The largest absolute Gasteiger partial charge is 0.493 e. The molecule has 7 nitrogen and oxygen atoms in total. The second-order valence-corrected chi connectivity index (χ2v) is 10.7. The number of nitrogens with one attached hydrogen (secondary N) is 1. The third kappa shape index (κ3) is 4.56. The van der Waals surface area contributed by atoms with E-state index >= 15 is 0 Å². The summed E-state index contributed by atoms with van der Waals surface area (Å²) in [5.41, 5.74) is 4.38. The highest BCUT2D eigenvalue weighted by Gasteiger charge is 2.36. The van der Waals surface area contributed by atoms with E-state index in [1.165, 1.54) is 0 Å². The van der Waals surface area contributed by atoms with Crippen LogP contribution in [-0.2, 0) is 13.5 Å². The van der Waals surface area contributed by atoms with Gasteiger partial charge in [-0.3, -0.25) is 4.68 Å². The second kappa shape index (κ2) is 10.1. The summed E-state index contributed by atoms with van der Waals surface area (Å²) < 4.78 is 7.86. The van der Waals surface area contributed by atoms with E-state index in [-0.39, 0.29) is 11.6 Å². The van der Waals surface area contributed by atoms with Crippen molar-refractivity contribution in [3.8, 4) is 16.9 Å². The Labute approximate surface area is 231 Å². The van der Waals surface area contributed by atoms with Crippen molar-refractivity contribution >= 4 is 39.2 Å². The van der Waals surface area contributed by atoms with Gasteiger partial charge in [0.15, 0.2) is 0 Å². The second-order valence-electron chi connectivity index (χ2n) is 10.3. The highest BCUT2D eigenvalue weighted by atomic mass is 35.5. The Morgan fingerprint density at radius 1 is 1.13 bits per heavy atom. The number of nitrogens with zero attached hydrogens (tertiary/aromatic N) is 2. The fourth-order valence-electron chi connectivity index (χ4n) is 5.52. The van der Waals surface area contributed by atoms with Gasteiger partial charge in [0.1, 0.15) is 17.5 Å². The van der Waals surface area contributed by atoms with E-state index < -0.39 is 12.1 Å². The third-order valence-corrected chi connectivity index (χ3v) is 8.10. The first-order valence-corrected chi connectivity index (χ1v) is 13.6. The number of carbonyl (C=O) groups is 1. The van der Waals surface area contributed by atoms with Gasteiger partial charge in [-0.25, -0.2) is 4.79 Å². The lowest BCUT2D eigenvalue weighted by atomic mass is 9.95. The van der Waals surface area contributed by atoms with Crippen LogP contribution in [0.25, 0.3) is 32.8 Å². The van der Waals surface area contributed by atoms with Crippen LogP contribution in [0.3, 0.4) is 0 Å². The van der Waals surface area contributed by atoms with Crippen LogP contribution in [0, 0.1) is 12.8 Å². The number of benzene rings is 3. The Morgan fingerprint density at radius 2 is 1.90 bits per heavy atom. The topological polar surface area (TPSA) is 100 Å². The van der Waals surface area contributed by atoms with Gasteiger partial charge < -0.3 is 19.9 Å². The maximum absolute atomic E-state index is 12.3. The summed E-state index contributed by atoms with van der Waals surface area (Å²) >= 11 is 6.77. The van der Waals surface area contributed by atoms with Crippen molar-refractivity contribution in [2.24, 2.45) is 13.0 Å². The van der Waals surface area contributed by atoms with E-state index in [4.69, 9.17) is 16.3 Å². The molecule has 6 rings (SSSR count). The number of aliphatic hydroxyl groups excluding tert-OH is 1. The van der Waals surface area contributed by atoms with Crippen LogP contribution in [0.1, 0.15) is 52.8 Å². The van der Waals surface area contributed by atoms with Gasteiger partial charge in [-0.15, -0.1) is 0 Å². The molecule has 0 spiro atoms. The van der Waals surface area contributed by atoms with E-state index in [9.17, 15) is 15.0 Å². The highest BCUT2D eigenvalue weighted by molar-refractivity contribution is 6.35. The van der Waals surface area contributed by atoms with E-state index in [2.05, 4.69) is 22.2 Å². The lowest BCUT2D eigenvalue weighted by Crippen LogP contribution is -2.04. The van der Waals surface area contributed by atoms with Crippen LogP contribution >= 0.6 is 11.6 Å². The molecule has 0 radical (unpaired) electrons. The van der Waals surface area contributed by atoms with Gasteiger partial charge in [-0.2, -0.15) is 5.10 Å². The minimum atomic E-state index is -1.03. The molecule has 0 amide bonds. The smallest absolute Gasteiger partial charge is 0.352 e. The maximum Gasteiger partial charge on any atom is 0.352 e. The van der Waals surface area contributed by atoms with Crippen molar-refractivity contribution in [1.82, 2.24) is 14.8 Å². The zero-order chi connectivity index (χ0) is 27.3. The number of aryl methyl sites for hydroxylation is 2. The summed E-state index contributed by atoms with van der Waals surface area (Å²) in [6.45, 7) is 2.38. The van der Waals surface area contributed by atoms with Gasteiger partial charge in [0.2, 0.25) is 0 Å². The first-order valence-electron chi connectivity index (χ1n) is 13.2. The van der Waals surface area contributed by atoms with Gasteiger partial charge in [0.05, 0.1) is 22.8 Å². The number of carboxylic acid groups (broad SMARTS) is 1. The Balaban J connectivity index is 1.35. The molecule has 1 atom stereocenters. The number of halogens is 1. The molecule has 1 aliphatic rings. The third-order valence-electron chi connectivity index (χ3n) is 7.78. The number of H-pyrrole nitrogens is 1. The quantitative estimate of drug-likeness (QED) is 0.177. The Kier molecular flexibility index (Phi) is 6.57. The van der Waals surface area contributed by atoms with Crippen LogP contribution in [0.5, 0.6) is 5.75 Å². The van der Waals surface area contributed by atoms with E-state index in [0.717, 1.165) is 46.0 Å². The number of ether oxygens (including phenoxy) is 1. The summed E-state index contributed by atoms with van der Waals surface area (Å²) in [6, 6.07) is 17.7. The monoisotopic (exact) mass is 543 g/mol. The van der Waals surface area contributed by atoms with E-state index in [1.807, 2.05) is 50.4 Å². The number of aliphatic hydroxyl groups is 1. The number of aromatic amines is 1. The van der Waals surface area contributed by atoms with Gasteiger partial charge in [-0.1, -0.05) is 54.1 Å². The predicted molar refractivity (Wildman–Crippen MR) is 153 cm³/mol. The van der Waals surface area contributed by atoms with E-state index in [0.29, 0.717) is 46.8 Å². The van der Waals surface area contributed by atoms with Crippen molar-refractivity contribution in [3.05, 3.63) is 82.3 Å². The van der Waals surface area contributed by atoms with Gasteiger partial charge in [-0.05, 0) is 61.6 Å². The van der Waals surface area contributed by atoms with Crippen molar-refractivity contribution in [2.45, 2.75) is 38.7 Å². The number of hydrogen-bond acceptors (Lipinski definition) is 4. The summed E-state index contributed by atoms with van der Waals surface area (Å²) in [6.07, 6.45) is 2.38. The highest BCUT2D eigenvalue weighted by Crippen LogP contribution is 2.47. The maximum atomic E-state index is 12.3. The molecule has 0 bridgehead atoms. The molecule has 3 aromatic carbocycles. The van der Waals surface area contributed by atoms with Crippen LogP contribution in [0.15, 0.2) is 54.6 Å². The fraction of sp³-hybridized carbons (Fsp3) is 0.290. The standard InChI is InChI=1S/C31H30ClN3O4/c1-17-25(29(34-35(17)2)30(36)19-12-13-19)26-23(32)15-14-22-21(28(31(37)38)33-27(22)26)10-6-16-39-24-11-5-8-18-7-3-4-9-20(18)24/h3-5,7-9,11,14-15,19,30,33,36H,6,10,12-13,16H2,1-2H3,(H,37,38). The molecule has 1 aliphatic carbocycles. The molecule has 1 fully saturated rings. The van der Waals surface area contributed by atoms with Crippen molar-refractivity contribution in [3.63, 3.8) is 0 Å². The van der Waals surface area contributed by atoms with Crippen LogP contribution < -0.4 is 4.74 Å². The number of rotatable bonds is 9. The lowest BCUT2D eigenvalue weighted by molar-refractivity contribution is 0.0690. The normalized spacial score (nSPS) is 14.3. The lowest BCUT2D eigenvalue weighted by Gasteiger charge is -2.12. The molecule has 8 heteroatoms. The van der Waals surface area contributed by atoms with Crippen LogP contribution in [-0.4, -0.2) is 37.6 Å². The molecule has 1 unspecified atom stereocenters. The van der Waals surface area contributed by atoms with Gasteiger partial charge in [0.25, 0.3) is 0 Å². The first kappa shape index (κ1) is 25.5. The molecule has 5 aromatic rings. The molecule has 200 valence electrons. The average Bonchev–Trinajstić information content (AvgIpc) is 3.66. The Morgan fingerprint density at radius 3 is 2.67 bits per heavy atom. The molecule has 2 heterocycles. The first-order chi connectivity index (χ1) is 18.8. The number of aromatic nitrogens is 3. The SMILES string of the molecule is Cc1c(-c2c(Cl)ccc3c(CCCOc4cccc5ccccc45)c(C(=O)O)[nH]c23)c(C(O)C2CC2)nn1C.